The Balaban J connectivity index is 1.43. The van der Waals surface area contributed by atoms with Crippen LogP contribution in [0.2, 0.25) is 0 Å². The van der Waals surface area contributed by atoms with Crippen LogP contribution in [0.5, 0.6) is 0 Å². The molecule has 1 aliphatic heterocycles. The van der Waals surface area contributed by atoms with Gasteiger partial charge < -0.3 is 9.73 Å². The number of benzene rings is 1. The maximum Gasteiger partial charge on any atom is 0.230 e. The molecule has 0 saturated carbocycles. The van der Waals surface area contributed by atoms with Crippen LogP contribution in [0.15, 0.2) is 27.7 Å². The fourth-order valence-corrected chi connectivity index (χ4v) is 4.09. The first-order valence-electron chi connectivity index (χ1n) is 9.15. The predicted octanol–water partition coefficient (Wildman–Crippen LogP) is 1.86. The molecule has 0 radical (unpaired) electrons. The number of hydrogen-bond acceptors (Lipinski definition) is 9. The fourth-order valence-electron chi connectivity index (χ4n) is 3.08. The van der Waals surface area contributed by atoms with E-state index in [-0.39, 0.29) is 18.2 Å². The third-order valence-corrected chi connectivity index (χ3v) is 5.50. The summed E-state index contributed by atoms with van der Waals surface area (Å²) in [5, 5.41) is 26.3. The second kappa shape index (κ2) is 7.97. The number of nitrogens with zero attached hydrogens (tertiary/aromatic N) is 6. The average molecular weight is 409 g/mol. The number of hydrogen-bond donors (Lipinski definition) is 1. The second-order valence-electron chi connectivity index (χ2n) is 6.91. The summed E-state index contributed by atoms with van der Waals surface area (Å²) in [6.07, 6.45) is 2.32. The van der Waals surface area contributed by atoms with Crippen molar-refractivity contribution in [2.45, 2.75) is 31.7 Å². The minimum absolute atomic E-state index is 0.0559. The summed E-state index contributed by atoms with van der Waals surface area (Å²) in [5.41, 5.74) is 2.15. The minimum atomic E-state index is -0.562. The van der Waals surface area contributed by atoms with Gasteiger partial charge in [0.15, 0.2) is 0 Å². The summed E-state index contributed by atoms with van der Waals surface area (Å²) in [7, 11) is 1.96. The molecule has 29 heavy (non-hydrogen) atoms. The van der Waals surface area contributed by atoms with Crippen LogP contribution in [0.3, 0.4) is 0 Å². The minimum Gasteiger partial charge on any atom is -0.424 e. The van der Waals surface area contributed by atoms with Gasteiger partial charge in [-0.2, -0.15) is 10.4 Å². The molecule has 0 spiro atoms. The van der Waals surface area contributed by atoms with Crippen molar-refractivity contribution in [3.63, 3.8) is 0 Å². The van der Waals surface area contributed by atoms with Crippen molar-refractivity contribution in [3.8, 4) is 6.07 Å². The molecule has 1 aliphatic rings. The number of thiazole rings is 1. The van der Waals surface area contributed by atoms with E-state index in [0.29, 0.717) is 18.2 Å². The SMILES string of the molecule is CC(C#N)NC(=O)Cc1nnc(Cc2nc3ccc(C4C=NN(C)C4)cc3s2)o1. The molecule has 0 fully saturated rings. The van der Waals surface area contributed by atoms with Crippen LogP contribution in [0.25, 0.3) is 10.2 Å². The first-order valence-corrected chi connectivity index (χ1v) is 9.96. The smallest absolute Gasteiger partial charge is 0.230 e. The number of likely N-dealkylation sites (N-methyl/N-ethyl adjacent to an activating group) is 1. The van der Waals surface area contributed by atoms with E-state index in [2.05, 4.69) is 37.7 Å². The van der Waals surface area contributed by atoms with E-state index in [4.69, 9.17) is 9.68 Å². The van der Waals surface area contributed by atoms with Gasteiger partial charge in [-0.3, -0.25) is 9.80 Å². The van der Waals surface area contributed by atoms with Crippen LogP contribution in [0.1, 0.15) is 35.2 Å². The molecule has 2 aromatic heterocycles. The molecule has 0 bridgehead atoms. The third kappa shape index (κ3) is 4.41. The van der Waals surface area contributed by atoms with Gasteiger partial charge in [-0.1, -0.05) is 6.07 Å². The first-order chi connectivity index (χ1) is 14.0. The number of fused-ring (bicyclic) bond motifs is 1. The molecule has 3 aromatic rings. The van der Waals surface area contributed by atoms with Gasteiger partial charge in [0.25, 0.3) is 0 Å². The molecule has 10 heteroatoms. The lowest BCUT2D eigenvalue weighted by Gasteiger charge is -2.09. The Morgan fingerprint density at radius 1 is 1.45 bits per heavy atom. The largest absolute Gasteiger partial charge is 0.424 e. The summed E-state index contributed by atoms with van der Waals surface area (Å²) in [6, 6.07) is 7.65. The number of amides is 1. The quantitative estimate of drug-likeness (QED) is 0.659. The molecule has 1 N–H and O–H groups in total. The van der Waals surface area contributed by atoms with Gasteiger partial charge in [0.05, 0.1) is 22.7 Å². The zero-order valence-corrected chi connectivity index (χ0v) is 16.8. The van der Waals surface area contributed by atoms with E-state index in [1.54, 1.807) is 18.3 Å². The molecule has 2 atom stereocenters. The predicted molar refractivity (Wildman–Crippen MR) is 108 cm³/mol. The van der Waals surface area contributed by atoms with Gasteiger partial charge in [0.1, 0.15) is 17.5 Å². The molecule has 2 unspecified atom stereocenters. The number of carbonyl (C=O) groups is 1. The van der Waals surface area contributed by atoms with Gasteiger partial charge in [-0.05, 0) is 24.6 Å². The maximum absolute atomic E-state index is 11.8. The van der Waals surface area contributed by atoms with Crippen LogP contribution >= 0.6 is 11.3 Å². The lowest BCUT2D eigenvalue weighted by atomic mass is 10.0. The van der Waals surface area contributed by atoms with Crippen molar-refractivity contribution in [2.24, 2.45) is 5.10 Å². The lowest BCUT2D eigenvalue weighted by molar-refractivity contribution is -0.121. The summed E-state index contributed by atoms with van der Waals surface area (Å²) in [6.45, 7) is 2.48. The van der Waals surface area contributed by atoms with Crippen LogP contribution in [-0.4, -0.2) is 51.9 Å². The van der Waals surface area contributed by atoms with E-state index in [1.807, 2.05) is 30.4 Å². The van der Waals surface area contributed by atoms with Crippen molar-refractivity contribution in [1.82, 2.24) is 25.5 Å². The highest BCUT2D eigenvalue weighted by atomic mass is 32.1. The second-order valence-corrected chi connectivity index (χ2v) is 8.02. The van der Waals surface area contributed by atoms with Crippen molar-refractivity contribution in [1.29, 1.82) is 5.26 Å². The van der Waals surface area contributed by atoms with Crippen molar-refractivity contribution in [2.75, 3.05) is 13.6 Å². The number of hydrazone groups is 1. The molecule has 3 heterocycles. The standard InChI is InChI=1S/C19H19N7O2S/c1-11(8-20)22-16(27)6-17-24-25-18(28-17)7-19-23-14-4-3-12(5-15(14)29-19)13-9-21-26(2)10-13/h3-5,9,11,13H,6-7,10H2,1-2H3,(H,22,27). The van der Waals surface area contributed by atoms with E-state index >= 15 is 0 Å². The molecule has 1 aromatic carbocycles. The van der Waals surface area contributed by atoms with Gasteiger partial charge in [0.2, 0.25) is 17.7 Å². The van der Waals surface area contributed by atoms with Crippen molar-refractivity contribution < 1.29 is 9.21 Å². The Morgan fingerprint density at radius 2 is 2.28 bits per heavy atom. The molecule has 9 nitrogen and oxygen atoms in total. The molecular formula is C19H19N7O2S. The highest BCUT2D eigenvalue weighted by molar-refractivity contribution is 7.18. The summed E-state index contributed by atoms with van der Waals surface area (Å²) in [4.78, 5) is 16.5. The lowest BCUT2D eigenvalue weighted by Crippen LogP contribution is -2.32. The van der Waals surface area contributed by atoms with Crippen LogP contribution in [0.4, 0.5) is 0 Å². The molecule has 1 amide bonds. The molecule has 4 rings (SSSR count). The topological polar surface area (TPSA) is 120 Å². The Bertz CT molecular complexity index is 1110. The summed E-state index contributed by atoms with van der Waals surface area (Å²) < 4.78 is 6.67. The Morgan fingerprint density at radius 3 is 3.03 bits per heavy atom. The Hall–Kier alpha value is -3.32. The van der Waals surface area contributed by atoms with E-state index in [0.717, 1.165) is 21.8 Å². The molecular weight excluding hydrogens is 390 g/mol. The normalized spacial score (nSPS) is 16.9. The summed E-state index contributed by atoms with van der Waals surface area (Å²) in [5.74, 6) is 0.590. The maximum atomic E-state index is 11.8. The van der Waals surface area contributed by atoms with Crippen LogP contribution in [0, 0.1) is 11.3 Å². The van der Waals surface area contributed by atoms with Crippen LogP contribution in [-0.2, 0) is 17.6 Å². The molecule has 148 valence electrons. The van der Waals surface area contributed by atoms with E-state index < -0.39 is 6.04 Å². The first kappa shape index (κ1) is 19.0. The van der Waals surface area contributed by atoms with E-state index in [9.17, 15) is 4.79 Å². The zero-order chi connectivity index (χ0) is 20.4. The number of carbonyl (C=O) groups excluding carboxylic acids is 1. The van der Waals surface area contributed by atoms with Gasteiger partial charge in [0, 0.05) is 25.7 Å². The fraction of sp³-hybridized carbons (Fsp3) is 0.368. The molecule has 0 aliphatic carbocycles. The third-order valence-electron chi connectivity index (χ3n) is 4.48. The number of aromatic nitrogens is 3. The van der Waals surface area contributed by atoms with Crippen LogP contribution < -0.4 is 5.32 Å². The van der Waals surface area contributed by atoms with Gasteiger partial charge in [-0.15, -0.1) is 21.5 Å². The van der Waals surface area contributed by atoms with E-state index in [1.165, 1.54) is 5.56 Å². The number of nitriles is 1. The average Bonchev–Trinajstić information content (AvgIpc) is 3.41. The Labute approximate surface area is 171 Å². The monoisotopic (exact) mass is 409 g/mol. The zero-order valence-electron chi connectivity index (χ0n) is 16.0. The van der Waals surface area contributed by atoms with Gasteiger partial charge in [-0.25, -0.2) is 4.98 Å². The number of nitrogens with one attached hydrogen (secondary N) is 1. The van der Waals surface area contributed by atoms with Gasteiger partial charge >= 0.3 is 0 Å². The molecule has 0 saturated heterocycles. The van der Waals surface area contributed by atoms with Crippen molar-refractivity contribution >= 4 is 33.7 Å². The highest BCUT2D eigenvalue weighted by Gasteiger charge is 2.18. The van der Waals surface area contributed by atoms with Crippen molar-refractivity contribution in [3.05, 3.63) is 40.6 Å². The number of rotatable bonds is 6. The highest BCUT2D eigenvalue weighted by Crippen LogP contribution is 2.28. The Kier molecular flexibility index (Phi) is 5.22. The summed E-state index contributed by atoms with van der Waals surface area (Å²) >= 11 is 1.59.